The summed E-state index contributed by atoms with van der Waals surface area (Å²) in [5.41, 5.74) is 1.36. The van der Waals surface area contributed by atoms with Crippen LogP contribution in [0.2, 0.25) is 0 Å². The fraction of sp³-hybridized carbons (Fsp3) is 0.526. The van der Waals surface area contributed by atoms with E-state index in [-0.39, 0.29) is 5.60 Å². The highest BCUT2D eigenvalue weighted by atomic mass is 16.5. The highest BCUT2D eigenvalue weighted by molar-refractivity contribution is 5.28. The number of nitrogens with one attached hydrogen (secondary N) is 1. The van der Waals surface area contributed by atoms with Crippen LogP contribution in [0.15, 0.2) is 36.7 Å². The number of ether oxygens (including phenoxy) is 1. The van der Waals surface area contributed by atoms with E-state index in [2.05, 4.69) is 51.1 Å². The number of hydrogen-bond acceptors (Lipinski definition) is 4. The molecule has 1 N–H and O–H groups in total. The van der Waals surface area contributed by atoms with Crippen LogP contribution >= 0.6 is 0 Å². The molecule has 0 radical (unpaired) electrons. The van der Waals surface area contributed by atoms with Crippen LogP contribution in [0.25, 0.3) is 0 Å². The Hall–Kier alpha value is -1.85. The van der Waals surface area contributed by atoms with Gasteiger partial charge in [-0.1, -0.05) is 12.1 Å². The van der Waals surface area contributed by atoms with E-state index in [1.807, 2.05) is 6.20 Å². The van der Waals surface area contributed by atoms with Crippen molar-refractivity contribution in [1.82, 2.24) is 19.8 Å². The lowest BCUT2D eigenvalue weighted by molar-refractivity contribution is 0.0453. The second-order valence-corrected chi connectivity index (χ2v) is 7.27. The molecule has 24 heavy (non-hydrogen) atoms. The topological polar surface area (TPSA) is 44.4 Å². The highest BCUT2D eigenvalue weighted by Gasteiger charge is 2.42. The Morgan fingerprint density at radius 2 is 2.08 bits per heavy atom. The van der Waals surface area contributed by atoms with E-state index in [0.717, 1.165) is 31.2 Å². The standard InChI is InChI=1S/C19H26N4O/c1-22(14-18-20-9-10-21-18)13-16-3-5-17(6-4-16)24-19-7-2-11-23(15-19)12-8-19/h3-6,9-10H,2,7-8,11-15H2,1H3,(H,20,21). The van der Waals surface area contributed by atoms with Crippen LogP contribution in [0.5, 0.6) is 5.75 Å². The zero-order valence-electron chi connectivity index (χ0n) is 14.4. The average molecular weight is 326 g/mol. The molecule has 2 fully saturated rings. The molecule has 0 amide bonds. The molecule has 2 saturated heterocycles. The molecule has 1 aromatic heterocycles. The van der Waals surface area contributed by atoms with Crippen LogP contribution in [0.1, 0.15) is 30.7 Å². The Morgan fingerprint density at radius 3 is 2.88 bits per heavy atom. The molecule has 5 nitrogen and oxygen atoms in total. The van der Waals surface area contributed by atoms with Gasteiger partial charge in [0.1, 0.15) is 17.2 Å². The normalized spacial score (nSPS) is 26.0. The Balaban J connectivity index is 1.34. The molecule has 2 unspecified atom stereocenters. The van der Waals surface area contributed by atoms with Gasteiger partial charge >= 0.3 is 0 Å². The Morgan fingerprint density at radius 1 is 1.21 bits per heavy atom. The SMILES string of the molecule is CN(Cc1ccc(OC23CCCN(CC2)C3)cc1)Cc1ncc[nH]1. The van der Waals surface area contributed by atoms with Gasteiger partial charge in [-0.2, -0.15) is 0 Å². The molecule has 0 spiro atoms. The molecule has 2 aromatic rings. The number of piperidine rings is 1. The first-order valence-electron chi connectivity index (χ1n) is 8.88. The van der Waals surface area contributed by atoms with Crippen LogP contribution in [0, 0.1) is 0 Å². The smallest absolute Gasteiger partial charge is 0.123 e. The van der Waals surface area contributed by atoms with E-state index in [0.29, 0.717) is 0 Å². The predicted molar refractivity (Wildman–Crippen MR) is 93.9 cm³/mol. The van der Waals surface area contributed by atoms with E-state index >= 15 is 0 Å². The fourth-order valence-corrected chi connectivity index (χ4v) is 4.00. The lowest BCUT2D eigenvalue weighted by Crippen LogP contribution is -2.43. The van der Waals surface area contributed by atoms with E-state index in [9.17, 15) is 0 Å². The zero-order chi connectivity index (χ0) is 16.4. The number of fused-ring (bicyclic) bond motifs is 2. The van der Waals surface area contributed by atoms with Gasteiger partial charge in [0.25, 0.3) is 0 Å². The number of H-pyrrole nitrogens is 1. The largest absolute Gasteiger partial charge is 0.486 e. The van der Waals surface area contributed by atoms with Crippen molar-refractivity contribution in [3.8, 4) is 5.75 Å². The third-order valence-electron chi connectivity index (χ3n) is 5.19. The second kappa shape index (κ2) is 6.57. The first-order valence-corrected chi connectivity index (χ1v) is 8.88. The van der Waals surface area contributed by atoms with Gasteiger partial charge in [0, 0.05) is 38.4 Å². The van der Waals surface area contributed by atoms with Crippen molar-refractivity contribution in [2.75, 3.05) is 26.7 Å². The molecular weight excluding hydrogens is 300 g/mol. The number of rotatable bonds is 6. The molecule has 5 heteroatoms. The summed E-state index contributed by atoms with van der Waals surface area (Å²) in [6.45, 7) is 5.26. The molecule has 0 aliphatic carbocycles. The summed E-state index contributed by atoms with van der Waals surface area (Å²) >= 11 is 0. The highest BCUT2D eigenvalue weighted by Crippen LogP contribution is 2.35. The van der Waals surface area contributed by atoms with Crippen molar-refractivity contribution in [1.29, 1.82) is 0 Å². The van der Waals surface area contributed by atoms with Gasteiger partial charge in [0.2, 0.25) is 0 Å². The first kappa shape index (κ1) is 15.7. The number of hydrogen-bond donors (Lipinski definition) is 1. The van der Waals surface area contributed by atoms with Gasteiger partial charge in [0.15, 0.2) is 0 Å². The van der Waals surface area contributed by atoms with Crippen LogP contribution in [0.3, 0.4) is 0 Å². The third-order valence-corrected chi connectivity index (χ3v) is 5.19. The number of imidazole rings is 1. The maximum Gasteiger partial charge on any atom is 0.123 e. The monoisotopic (exact) mass is 326 g/mol. The van der Waals surface area contributed by atoms with Crippen molar-refractivity contribution in [3.05, 3.63) is 48.0 Å². The molecule has 2 aliphatic heterocycles. The summed E-state index contributed by atoms with van der Waals surface area (Å²) in [6, 6.07) is 8.62. The van der Waals surface area contributed by atoms with Gasteiger partial charge in [-0.25, -0.2) is 4.98 Å². The Labute approximate surface area is 143 Å². The predicted octanol–water partition coefficient (Wildman–Crippen LogP) is 2.66. The minimum Gasteiger partial charge on any atom is -0.486 e. The maximum absolute atomic E-state index is 6.41. The van der Waals surface area contributed by atoms with Crippen molar-refractivity contribution in [3.63, 3.8) is 0 Å². The van der Waals surface area contributed by atoms with Crippen LogP contribution in [0.4, 0.5) is 0 Å². The molecule has 128 valence electrons. The zero-order valence-corrected chi connectivity index (χ0v) is 14.4. The van der Waals surface area contributed by atoms with Gasteiger partial charge in [-0.3, -0.25) is 9.80 Å². The first-order chi connectivity index (χ1) is 11.7. The van der Waals surface area contributed by atoms with E-state index in [1.165, 1.54) is 37.9 Å². The second-order valence-electron chi connectivity index (χ2n) is 7.27. The van der Waals surface area contributed by atoms with Crippen LogP contribution in [-0.2, 0) is 13.1 Å². The van der Waals surface area contributed by atoms with Crippen molar-refractivity contribution < 1.29 is 4.74 Å². The quantitative estimate of drug-likeness (QED) is 0.886. The van der Waals surface area contributed by atoms with E-state index in [4.69, 9.17) is 4.74 Å². The van der Waals surface area contributed by atoms with Gasteiger partial charge < -0.3 is 9.72 Å². The van der Waals surface area contributed by atoms with Crippen LogP contribution in [-0.4, -0.2) is 52.1 Å². The summed E-state index contributed by atoms with van der Waals surface area (Å²) in [5, 5.41) is 0. The third kappa shape index (κ3) is 3.47. The molecule has 0 saturated carbocycles. The van der Waals surface area contributed by atoms with Crippen molar-refractivity contribution in [2.24, 2.45) is 0 Å². The lowest BCUT2D eigenvalue weighted by Gasteiger charge is -2.34. The number of aromatic amines is 1. The number of aromatic nitrogens is 2. The van der Waals surface area contributed by atoms with Crippen molar-refractivity contribution in [2.45, 2.75) is 38.0 Å². The maximum atomic E-state index is 6.41. The molecule has 3 heterocycles. The summed E-state index contributed by atoms with van der Waals surface area (Å²) in [7, 11) is 2.11. The van der Waals surface area contributed by atoms with E-state index < -0.39 is 0 Å². The average Bonchev–Trinajstić information content (AvgIpc) is 3.17. The van der Waals surface area contributed by atoms with Gasteiger partial charge in [-0.15, -0.1) is 0 Å². The minimum absolute atomic E-state index is 0.0653. The van der Waals surface area contributed by atoms with Gasteiger partial charge in [-0.05, 0) is 44.1 Å². The summed E-state index contributed by atoms with van der Waals surface area (Å²) < 4.78 is 6.41. The summed E-state index contributed by atoms with van der Waals surface area (Å²) in [6.07, 6.45) is 7.28. The summed E-state index contributed by atoms with van der Waals surface area (Å²) in [4.78, 5) is 12.2. The van der Waals surface area contributed by atoms with Gasteiger partial charge in [0.05, 0.1) is 6.54 Å². The number of nitrogens with zero attached hydrogens (tertiary/aromatic N) is 3. The Bertz CT molecular complexity index is 651. The molecular formula is C19H26N4O. The minimum atomic E-state index is 0.0653. The molecule has 4 rings (SSSR count). The fourth-order valence-electron chi connectivity index (χ4n) is 4.00. The van der Waals surface area contributed by atoms with E-state index in [1.54, 1.807) is 6.20 Å². The van der Waals surface area contributed by atoms with Crippen molar-refractivity contribution >= 4 is 0 Å². The molecule has 2 bridgehead atoms. The molecule has 2 aliphatic rings. The molecule has 1 aromatic carbocycles. The molecule has 2 atom stereocenters. The Kier molecular flexibility index (Phi) is 4.29. The lowest BCUT2D eigenvalue weighted by atomic mass is 9.94. The van der Waals surface area contributed by atoms with Crippen LogP contribution < -0.4 is 4.74 Å². The number of benzene rings is 1. The summed E-state index contributed by atoms with van der Waals surface area (Å²) in [5.74, 6) is 2.01.